The number of hydrogen-bond donors (Lipinski definition) is 1. The van der Waals surface area contributed by atoms with Gasteiger partial charge in [-0.2, -0.15) is 0 Å². The van der Waals surface area contributed by atoms with Crippen LogP contribution in [-0.2, 0) is 4.79 Å². The summed E-state index contributed by atoms with van der Waals surface area (Å²) in [6.07, 6.45) is 8.02. The molecule has 0 spiro atoms. The Kier molecular flexibility index (Phi) is 7.73. The zero-order valence-corrected chi connectivity index (χ0v) is 14.9. The molecule has 0 aromatic heterocycles. The molecule has 1 saturated heterocycles. The maximum absolute atomic E-state index is 12.2. The molecule has 1 aromatic carbocycles. The van der Waals surface area contributed by atoms with Crippen LogP contribution in [0.2, 0.25) is 5.02 Å². The van der Waals surface area contributed by atoms with Crippen LogP contribution >= 0.6 is 11.6 Å². The Hall–Kier alpha value is -1.22. The summed E-state index contributed by atoms with van der Waals surface area (Å²) in [6, 6.07) is 7.96. The lowest BCUT2D eigenvalue weighted by Gasteiger charge is -2.33. The van der Waals surface area contributed by atoms with E-state index in [1.165, 1.54) is 25.7 Å². The molecule has 0 saturated carbocycles. The molecule has 23 heavy (non-hydrogen) atoms. The topological polar surface area (TPSA) is 32.3 Å². The van der Waals surface area contributed by atoms with Crippen LogP contribution < -0.4 is 10.2 Å². The van der Waals surface area contributed by atoms with Crippen molar-refractivity contribution in [1.82, 2.24) is 5.32 Å². The number of carbonyl (C=O) groups is 1. The van der Waals surface area contributed by atoms with E-state index in [1.54, 1.807) is 0 Å². The van der Waals surface area contributed by atoms with Crippen molar-refractivity contribution in [1.29, 1.82) is 0 Å². The molecule has 1 N–H and O–H groups in total. The summed E-state index contributed by atoms with van der Waals surface area (Å²) in [5, 5.41) is 3.88. The number of benzene rings is 1. The van der Waals surface area contributed by atoms with Crippen molar-refractivity contribution in [2.75, 3.05) is 24.5 Å². The highest BCUT2D eigenvalue weighted by atomic mass is 35.5. The first-order valence-corrected chi connectivity index (χ1v) is 9.36. The van der Waals surface area contributed by atoms with Crippen LogP contribution in [0.4, 0.5) is 5.69 Å². The van der Waals surface area contributed by atoms with Crippen molar-refractivity contribution in [3.8, 4) is 0 Å². The van der Waals surface area contributed by atoms with E-state index < -0.39 is 0 Å². The minimum atomic E-state index is 0.168. The molecule has 1 aliphatic heterocycles. The summed E-state index contributed by atoms with van der Waals surface area (Å²) in [6.45, 7) is 4.90. The highest BCUT2D eigenvalue weighted by Gasteiger charge is 2.24. The Balaban J connectivity index is 1.66. The normalized spacial score (nSPS) is 15.7. The highest BCUT2D eigenvalue weighted by molar-refractivity contribution is 6.30. The van der Waals surface area contributed by atoms with Gasteiger partial charge >= 0.3 is 0 Å². The molecule has 1 fully saturated rings. The number of piperidine rings is 1. The number of unbranched alkanes of at least 4 members (excludes halogenated alkanes) is 4. The Bertz CT molecular complexity index is 484. The average molecular weight is 337 g/mol. The molecule has 4 heteroatoms. The molecular formula is C19H29ClN2O. The van der Waals surface area contributed by atoms with Crippen LogP contribution in [-0.4, -0.2) is 25.5 Å². The molecule has 1 heterocycles. The summed E-state index contributed by atoms with van der Waals surface area (Å²) in [5.74, 6) is 0.410. The summed E-state index contributed by atoms with van der Waals surface area (Å²) >= 11 is 6.06. The smallest absolute Gasteiger partial charge is 0.223 e. The molecule has 1 amide bonds. The average Bonchev–Trinajstić information content (AvgIpc) is 2.58. The predicted octanol–water partition coefficient (Wildman–Crippen LogP) is 4.64. The van der Waals surface area contributed by atoms with E-state index in [0.29, 0.717) is 0 Å². The van der Waals surface area contributed by atoms with Gasteiger partial charge in [0, 0.05) is 36.3 Å². The quantitative estimate of drug-likeness (QED) is 0.701. The van der Waals surface area contributed by atoms with Crippen LogP contribution in [0.25, 0.3) is 0 Å². The Morgan fingerprint density at radius 1 is 1.22 bits per heavy atom. The van der Waals surface area contributed by atoms with Gasteiger partial charge in [-0.15, -0.1) is 0 Å². The van der Waals surface area contributed by atoms with Crippen molar-refractivity contribution in [2.45, 2.75) is 51.9 Å². The molecule has 0 radical (unpaired) electrons. The van der Waals surface area contributed by atoms with E-state index in [1.807, 2.05) is 18.2 Å². The molecule has 1 aliphatic rings. The second kappa shape index (κ2) is 9.82. The molecule has 128 valence electrons. The fourth-order valence-electron chi connectivity index (χ4n) is 3.16. The standard InChI is InChI=1S/C19H29ClN2O/c1-2-3-4-5-6-12-21-19(23)16-10-13-22(14-11-16)18-9-7-8-17(20)15-18/h7-9,15-16H,2-6,10-14H2,1H3,(H,21,23). The van der Waals surface area contributed by atoms with Crippen LogP contribution in [0, 0.1) is 5.92 Å². The zero-order chi connectivity index (χ0) is 16.5. The number of rotatable bonds is 8. The van der Waals surface area contributed by atoms with Crippen molar-refractivity contribution >= 4 is 23.2 Å². The van der Waals surface area contributed by atoms with Gasteiger partial charge in [0.2, 0.25) is 5.91 Å². The first kappa shape index (κ1) is 18.1. The van der Waals surface area contributed by atoms with Gasteiger partial charge in [-0.05, 0) is 37.5 Å². The van der Waals surface area contributed by atoms with Gasteiger partial charge in [0.1, 0.15) is 0 Å². The van der Waals surface area contributed by atoms with Crippen LogP contribution in [0.1, 0.15) is 51.9 Å². The fraction of sp³-hybridized carbons (Fsp3) is 0.632. The third kappa shape index (κ3) is 6.06. The largest absolute Gasteiger partial charge is 0.371 e. The molecule has 0 unspecified atom stereocenters. The van der Waals surface area contributed by atoms with Gasteiger partial charge < -0.3 is 10.2 Å². The highest BCUT2D eigenvalue weighted by Crippen LogP contribution is 2.25. The lowest BCUT2D eigenvalue weighted by molar-refractivity contribution is -0.125. The second-order valence-electron chi connectivity index (χ2n) is 6.45. The Morgan fingerprint density at radius 2 is 1.96 bits per heavy atom. The van der Waals surface area contributed by atoms with E-state index in [4.69, 9.17) is 11.6 Å². The number of nitrogens with one attached hydrogen (secondary N) is 1. The Labute approximate surface area is 145 Å². The van der Waals surface area contributed by atoms with E-state index >= 15 is 0 Å². The van der Waals surface area contributed by atoms with Gasteiger partial charge in [-0.3, -0.25) is 4.79 Å². The molecule has 0 atom stereocenters. The third-order valence-corrected chi connectivity index (χ3v) is 4.85. The minimum Gasteiger partial charge on any atom is -0.371 e. The van der Waals surface area contributed by atoms with Gasteiger partial charge in [0.15, 0.2) is 0 Å². The van der Waals surface area contributed by atoms with Crippen molar-refractivity contribution in [3.05, 3.63) is 29.3 Å². The Morgan fingerprint density at radius 3 is 2.65 bits per heavy atom. The molecular weight excluding hydrogens is 308 g/mol. The summed E-state index contributed by atoms with van der Waals surface area (Å²) in [5.41, 5.74) is 1.16. The van der Waals surface area contributed by atoms with E-state index in [-0.39, 0.29) is 11.8 Å². The number of hydrogen-bond acceptors (Lipinski definition) is 2. The van der Waals surface area contributed by atoms with E-state index in [2.05, 4.69) is 23.2 Å². The van der Waals surface area contributed by atoms with Crippen molar-refractivity contribution < 1.29 is 4.79 Å². The summed E-state index contributed by atoms with van der Waals surface area (Å²) in [4.78, 5) is 14.6. The summed E-state index contributed by atoms with van der Waals surface area (Å²) in [7, 11) is 0. The number of amides is 1. The monoisotopic (exact) mass is 336 g/mol. The van der Waals surface area contributed by atoms with Gasteiger partial charge in [-0.25, -0.2) is 0 Å². The molecule has 0 aliphatic carbocycles. The van der Waals surface area contributed by atoms with Crippen LogP contribution in [0.5, 0.6) is 0 Å². The number of anilines is 1. The lowest BCUT2D eigenvalue weighted by atomic mass is 9.95. The zero-order valence-electron chi connectivity index (χ0n) is 14.2. The summed E-state index contributed by atoms with van der Waals surface area (Å²) < 4.78 is 0. The van der Waals surface area contributed by atoms with Crippen molar-refractivity contribution in [2.24, 2.45) is 5.92 Å². The maximum Gasteiger partial charge on any atom is 0.223 e. The third-order valence-electron chi connectivity index (χ3n) is 4.62. The second-order valence-corrected chi connectivity index (χ2v) is 6.88. The molecule has 0 bridgehead atoms. The number of carbonyl (C=O) groups excluding carboxylic acids is 1. The first-order valence-electron chi connectivity index (χ1n) is 8.99. The predicted molar refractivity (Wildman–Crippen MR) is 98.2 cm³/mol. The van der Waals surface area contributed by atoms with Crippen LogP contribution in [0.15, 0.2) is 24.3 Å². The molecule has 3 nitrogen and oxygen atoms in total. The van der Waals surface area contributed by atoms with E-state index in [9.17, 15) is 4.79 Å². The van der Waals surface area contributed by atoms with E-state index in [0.717, 1.165) is 49.6 Å². The number of nitrogens with zero attached hydrogens (tertiary/aromatic N) is 1. The maximum atomic E-state index is 12.2. The van der Waals surface area contributed by atoms with Gasteiger partial charge in [0.25, 0.3) is 0 Å². The van der Waals surface area contributed by atoms with Crippen LogP contribution in [0.3, 0.4) is 0 Å². The number of halogens is 1. The molecule has 2 rings (SSSR count). The minimum absolute atomic E-state index is 0.168. The fourth-order valence-corrected chi connectivity index (χ4v) is 3.34. The molecule has 1 aromatic rings. The van der Waals surface area contributed by atoms with Crippen molar-refractivity contribution in [3.63, 3.8) is 0 Å². The lowest BCUT2D eigenvalue weighted by Crippen LogP contribution is -2.40. The SMILES string of the molecule is CCCCCCCNC(=O)C1CCN(c2cccc(Cl)c2)CC1. The van der Waals surface area contributed by atoms with Gasteiger partial charge in [0.05, 0.1) is 0 Å². The van der Waals surface area contributed by atoms with Gasteiger partial charge in [-0.1, -0.05) is 50.3 Å². The first-order chi connectivity index (χ1) is 11.2.